The van der Waals surface area contributed by atoms with Crippen molar-refractivity contribution in [2.45, 2.75) is 12.4 Å². The van der Waals surface area contributed by atoms with Gasteiger partial charge in [-0.05, 0) is 28.9 Å². The summed E-state index contributed by atoms with van der Waals surface area (Å²) >= 11 is 12.3. The minimum Gasteiger partial charge on any atom is -0.478 e. The highest BCUT2D eigenvalue weighted by Crippen LogP contribution is 2.18. The predicted molar refractivity (Wildman–Crippen MR) is 145 cm³/mol. The van der Waals surface area contributed by atoms with Crippen molar-refractivity contribution in [1.82, 2.24) is 0 Å². The average Bonchev–Trinajstić information content (AvgIpc) is 2.88. The lowest BCUT2D eigenvalue weighted by Crippen LogP contribution is -2.03. The van der Waals surface area contributed by atoms with E-state index in [1.165, 1.54) is 5.56 Å². The summed E-state index contributed by atoms with van der Waals surface area (Å²) in [4.78, 5) is 0. The van der Waals surface area contributed by atoms with Crippen molar-refractivity contribution in [3.05, 3.63) is 144 Å². The fourth-order valence-electron chi connectivity index (χ4n) is 2.76. The third-order valence-electron chi connectivity index (χ3n) is 4.44. The van der Waals surface area contributed by atoms with Gasteiger partial charge in [0.1, 0.15) is 6.61 Å². The van der Waals surface area contributed by atoms with Crippen molar-refractivity contribution in [2.24, 2.45) is 0 Å². The number of benzene rings is 4. The maximum Gasteiger partial charge on any atom is 0.191 e. The summed E-state index contributed by atoms with van der Waals surface area (Å²) in [5, 5.41) is 0.546. The smallest absolute Gasteiger partial charge is 0.191 e. The third-order valence-corrected chi connectivity index (χ3v) is 6.36. The van der Waals surface area contributed by atoms with Crippen molar-refractivity contribution >= 4 is 45.4 Å². The lowest BCUT2D eigenvalue weighted by atomic mass is 10.2. The number of thiocarbonyl (C=S) groups is 2. The van der Waals surface area contributed by atoms with E-state index in [0.29, 0.717) is 11.7 Å². The Morgan fingerprint density at radius 3 is 1.53 bits per heavy atom. The summed E-state index contributed by atoms with van der Waals surface area (Å²) in [5.74, 6) is 0.939. The van der Waals surface area contributed by atoms with Crippen LogP contribution < -0.4 is 0 Å². The average molecular weight is 473 g/mol. The molecule has 4 aromatic rings. The number of rotatable bonds is 6. The van der Waals surface area contributed by atoms with Crippen LogP contribution in [0.25, 0.3) is 0 Å². The third kappa shape index (κ3) is 8.39. The Labute approximate surface area is 205 Å². The molecule has 32 heavy (non-hydrogen) atoms. The minimum absolute atomic E-state index is 0.522. The first kappa shape index (κ1) is 23.9. The van der Waals surface area contributed by atoms with E-state index >= 15 is 0 Å². The van der Waals surface area contributed by atoms with Gasteiger partial charge < -0.3 is 4.74 Å². The summed E-state index contributed by atoms with van der Waals surface area (Å²) in [5.41, 5.74) is 4.53. The molecule has 4 rings (SSSR count). The van der Waals surface area contributed by atoms with Gasteiger partial charge in [-0.2, -0.15) is 0 Å². The predicted octanol–water partition coefficient (Wildman–Crippen LogP) is 7.87. The molecule has 0 fully saturated rings. The van der Waals surface area contributed by atoms with Gasteiger partial charge in [-0.25, -0.2) is 0 Å². The zero-order valence-electron chi connectivity index (χ0n) is 17.6. The van der Waals surface area contributed by atoms with Gasteiger partial charge >= 0.3 is 0 Å². The van der Waals surface area contributed by atoms with Crippen LogP contribution in [-0.2, 0) is 17.1 Å². The highest BCUT2D eigenvalue weighted by Gasteiger charge is 2.02. The van der Waals surface area contributed by atoms with Crippen molar-refractivity contribution in [2.75, 3.05) is 0 Å². The molecule has 0 unspecified atom stereocenters. The van der Waals surface area contributed by atoms with Crippen LogP contribution >= 0.6 is 36.2 Å². The SMILES string of the molecule is S=C(OCc1ccccc1)c1ccccc1.S=C(SCc1ccccc1)c1ccccc1. The second-order valence-electron chi connectivity index (χ2n) is 6.86. The molecule has 0 aliphatic heterocycles. The molecule has 0 atom stereocenters. The van der Waals surface area contributed by atoms with Crippen LogP contribution in [0, 0.1) is 0 Å². The quantitative estimate of drug-likeness (QED) is 0.264. The molecule has 0 saturated heterocycles. The minimum atomic E-state index is 0.522. The topological polar surface area (TPSA) is 9.23 Å². The molecular weight excluding hydrogens is 449 g/mol. The molecule has 160 valence electrons. The summed E-state index contributed by atoms with van der Waals surface area (Å²) in [6.07, 6.45) is 0. The Kier molecular flexibility index (Phi) is 10.1. The van der Waals surface area contributed by atoms with Gasteiger partial charge in [0.05, 0.1) is 4.20 Å². The first-order valence-corrected chi connectivity index (χ1v) is 12.0. The summed E-state index contributed by atoms with van der Waals surface area (Å²) in [6.45, 7) is 0.522. The van der Waals surface area contributed by atoms with Crippen LogP contribution in [0.5, 0.6) is 0 Å². The zero-order valence-corrected chi connectivity index (χ0v) is 20.0. The molecule has 0 heterocycles. The van der Waals surface area contributed by atoms with E-state index in [1.807, 2.05) is 84.9 Å². The van der Waals surface area contributed by atoms with Crippen LogP contribution in [-0.4, -0.2) is 9.25 Å². The number of thioether (sulfide) groups is 1. The summed E-state index contributed by atoms with van der Waals surface area (Å²) < 4.78 is 6.51. The molecule has 0 bridgehead atoms. The second kappa shape index (κ2) is 13.6. The Morgan fingerprint density at radius 1 is 0.562 bits per heavy atom. The van der Waals surface area contributed by atoms with E-state index in [-0.39, 0.29) is 0 Å². The maximum absolute atomic E-state index is 5.55. The molecule has 4 heteroatoms. The van der Waals surface area contributed by atoms with Gasteiger partial charge in [0, 0.05) is 11.3 Å². The van der Waals surface area contributed by atoms with E-state index in [4.69, 9.17) is 29.2 Å². The standard InChI is InChI=1S/C14H12OS.C14H12S2/c16-14(13-9-5-2-6-10-13)15-11-12-7-3-1-4-8-12;15-14(13-9-5-2-6-10-13)16-11-12-7-3-1-4-8-12/h2*1-10H,11H2. The normalized spacial score (nSPS) is 9.88. The van der Waals surface area contributed by atoms with Gasteiger partial charge in [-0.1, -0.05) is 134 Å². The molecule has 0 aromatic heterocycles. The number of hydrogen-bond donors (Lipinski definition) is 0. The zero-order chi connectivity index (χ0) is 22.4. The Hall–Kier alpha value is -2.79. The molecule has 0 spiro atoms. The van der Waals surface area contributed by atoms with Gasteiger partial charge in [0.25, 0.3) is 0 Å². The van der Waals surface area contributed by atoms with Gasteiger partial charge in [0.15, 0.2) is 5.05 Å². The fourth-order valence-corrected chi connectivity index (χ4v) is 4.06. The van der Waals surface area contributed by atoms with E-state index in [1.54, 1.807) is 11.8 Å². The summed E-state index contributed by atoms with van der Waals surface area (Å²) in [6, 6.07) is 40.3. The van der Waals surface area contributed by atoms with Gasteiger partial charge in [-0.3, -0.25) is 0 Å². The number of ether oxygens (including phenoxy) is 1. The van der Waals surface area contributed by atoms with Gasteiger partial charge in [0.2, 0.25) is 0 Å². The molecule has 0 radical (unpaired) electrons. The van der Waals surface area contributed by atoms with Crippen molar-refractivity contribution < 1.29 is 4.74 Å². The van der Waals surface area contributed by atoms with Crippen molar-refractivity contribution in [1.29, 1.82) is 0 Å². The van der Waals surface area contributed by atoms with E-state index in [9.17, 15) is 0 Å². The van der Waals surface area contributed by atoms with Crippen molar-refractivity contribution in [3.63, 3.8) is 0 Å². The van der Waals surface area contributed by atoms with Crippen molar-refractivity contribution in [3.8, 4) is 0 Å². The van der Waals surface area contributed by atoms with Crippen LogP contribution in [0.2, 0.25) is 0 Å². The van der Waals surface area contributed by atoms with E-state index in [0.717, 1.165) is 26.6 Å². The largest absolute Gasteiger partial charge is 0.478 e. The van der Waals surface area contributed by atoms with E-state index in [2.05, 4.69) is 36.4 Å². The van der Waals surface area contributed by atoms with E-state index < -0.39 is 0 Å². The van der Waals surface area contributed by atoms with Crippen LogP contribution in [0.1, 0.15) is 22.3 Å². The molecule has 0 amide bonds. The first-order valence-electron chi connectivity index (χ1n) is 10.2. The Balaban J connectivity index is 0.000000181. The second-order valence-corrected chi connectivity index (χ2v) is 8.88. The monoisotopic (exact) mass is 472 g/mol. The lowest BCUT2D eigenvalue weighted by Gasteiger charge is -2.07. The molecule has 0 N–H and O–H groups in total. The molecule has 0 saturated carbocycles. The Bertz CT molecular complexity index is 992. The lowest BCUT2D eigenvalue weighted by molar-refractivity contribution is 0.302. The highest BCUT2D eigenvalue weighted by molar-refractivity contribution is 8.23. The molecule has 4 aromatic carbocycles. The molecule has 0 aliphatic carbocycles. The molecule has 0 aliphatic rings. The number of hydrogen-bond acceptors (Lipinski definition) is 4. The van der Waals surface area contributed by atoms with Crippen LogP contribution in [0.3, 0.4) is 0 Å². The fraction of sp³-hybridized carbons (Fsp3) is 0.0714. The summed E-state index contributed by atoms with van der Waals surface area (Å²) in [7, 11) is 0. The molecule has 1 nitrogen and oxygen atoms in total. The molecular formula is C28H24OS3. The first-order chi connectivity index (χ1) is 15.7. The van der Waals surface area contributed by atoms with Crippen LogP contribution in [0.15, 0.2) is 121 Å². The highest BCUT2D eigenvalue weighted by atomic mass is 32.2. The van der Waals surface area contributed by atoms with Gasteiger partial charge in [-0.15, -0.1) is 11.8 Å². The van der Waals surface area contributed by atoms with Crippen LogP contribution in [0.4, 0.5) is 0 Å². The maximum atomic E-state index is 5.55. The Morgan fingerprint density at radius 2 is 1.00 bits per heavy atom.